The second kappa shape index (κ2) is 5.32. The lowest BCUT2D eigenvalue weighted by Gasteiger charge is -2.61. The average molecular weight is 324 g/mol. The van der Waals surface area contributed by atoms with Gasteiger partial charge in [-0.1, -0.05) is 30.3 Å². The molecule has 0 aromatic heterocycles. The van der Waals surface area contributed by atoms with Crippen LogP contribution < -0.4 is 10.6 Å². The fourth-order valence-corrected chi connectivity index (χ4v) is 6.77. The number of benzene rings is 1. The van der Waals surface area contributed by atoms with Crippen molar-refractivity contribution in [3.8, 4) is 0 Å². The Morgan fingerprint density at radius 2 is 1.83 bits per heavy atom. The van der Waals surface area contributed by atoms with E-state index in [9.17, 15) is 4.79 Å². The molecule has 0 radical (unpaired) electrons. The number of nitrogens with one attached hydrogen (secondary N) is 2. The Morgan fingerprint density at radius 1 is 1.08 bits per heavy atom. The zero-order chi connectivity index (χ0) is 16.2. The molecule has 0 spiro atoms. The third-order valence-electron chi connectivity index (χ3n) is 7.32. The van der Waals surface area contributed by atoms with Gasteiger partial charge in [0.1, 0.15) is 0 Å². The SMILES string of the molecule is O=C(N[C@@H]1CCNC1)C12CC3CC(C1)CC(c1ccccc1)(C3)C2. The Labute approximate surface area is 144 Å². The quantitative estimate of drug-likeness (QED) is 0.897. The van der Waals surface area contributed by atoms with Crippen molar-refractivity contribution < 1.29 is 4.79 Å². The Hall–Kier alpha value is -1.35. The van der Waals surface area contributed by atoms with Crippen molar-refractivity contribution in [1.29, 1.82) is 0 Å². The molecule has 3 atom stereocenters. The number of hydrogen-bond acceptors (Lipinski definition) is 2. The summed E-state index contributed by atoms with van der Waals surface area (Å²) in [5, 5.41) is 6.77. The van der Waals surface area contributed by atoms with Crippen LogP contribution in [0.15, 0.2) is 30.3 Å². The van der Waals surface area contributed by atoms with Crippen LogP contribution in [0.2, 0.25) is 0 Å². The van der Waals surface area contributed by atoms with Gasteiger partial charge in [0.15, 0.2) is 0 Å². The maximum absolute atomic E-state index is 13.3. The smallest absolute Gasteiger partial charge is 0.226 e. The number of hydrogen-bond donors (Lipinski definition) is 2. The van der Waals surface area contributed by atoms with E-state index >= 15 is 0 Å². The molecule has 5 fully saturated rings. The molecule has 3 heteroatoms. The first-order chi connectivity index (χ1) is 11.7. The summed E-state index contributed by atoms with van der Waals surface area (Å²) in [6, 6.07) is 11.4. The minimum Gasteiger partial charge on any atom is -0.352 e. The molecule has 3 nitrogen and oxygen atoms in total. The van der Waals surface area contributed by atoms with Crippen LogP contribution in [0, 0.1) is 17.3 Å². The molecule has 5 aliphatic rings. The second-order valence-corrected chi connectivity index (χ2v) is 9.05. The first kappa shape index (κ1) is 14.9. The highest BCUT2D eigenvalue weighted by Gasteiger charge is 2.61. The van der Waals surface area contributed by atoms with Crippen LogP contribution in [0.1, 0.15) is 50.5 Å². The van der Waals surface area contributed by atoms with E-state index in [1.165, 1.54) is 24.8 Å². The molecule has 4 saturated carbocycles. The Balaban J connectivity index is 1.46. The Kier molecular flexibility index (Phi) is 3.31. The van der Waals surface area contributed by atoms with Crippen LogP contribution >= 0.6 is 0 Å². The lowest BCUT2D eigenvalue weighted by molar-refractivity contribution is -0.149. The van der Waals surface area contributed by atoms with E-state index in [0.29, 0.717) is 11.9 Å². The van der Waals surface area contributed by atoms with Gasteiger partial charge in [0, 0.05) is 12.6 Å². The number of amides is 1. The van der Waals surface area contributed by atoms with Gasteiger partial charge in [-0.05, 0) is 74.3 Å². The summed E-state index contributed by atoms with van der Waals surface area (Å²) in [7, 11) is 0. The van der Waals surface area contributed by atoms with Gasteiger partial charge in [-0.25, -0.2) is 0 Å². The topological polar surface area (TPSA) is 41.1 Å². The van der Waals surface area contributed by atoms with Crippen LogP contribution in [0.4, 0.5) is 0 Å². The van der Waals surface area contributed by atoms with Crippen LogP contribution in [0.5, 0.6) is 0 Å². The van der Waals surface area contributed by atoms with Crippen molar-refractivity contribution in [1.82, 2.24) is 10.6 Å². The number of rotatable bonds is 3. The third-order valence-corrected chi connectivity index (χ3v) is 7.32. The van der Waals surface area contributed by atoms with Crippen molar-refractivity contribution in [3.63, 3.8) is 0 Å². The van der Waals surface area contributed by atoms with Crippen LogP contribution in [0.3, 0.4) is 0 Å². The minimum absolute atomic E-state index is 0.0947. The van der Waals surface area contributed by atoms with E-state index in [4.69, 9.17) is 0 Å². The molecule has 2 unspecified atom stereocenters. The summed E-state index contributed by atoms with van der Waals surface area (Å²) in [6.07, 6.45) is 8.37. The van der Waals surface area contributed by atoms with E-state index < -0.39 is 0 Å². The number of carbonyl (C=O) groups excluding carboxylic acids is 1. The van der Waals surface area contributed by atoms with Gasteiger partial charge >= 0.3 is 0 Å². The van der Waals surface area contributed by atoms with Crippen LogP contribution in [-0.2, 0) is 10.2 Å². The molecule has 1 aliphatic heterocycles. The molecule has 4 aliphatic carbocycles. The zero-order valence-electron chi connectivity index (χ0n) is 14.4. The van der Waals surface area contributed by atoms with Crippen molar-refractivity contribution in [3.05, 3.63) is 35.9 Å². The highest BCUT2D eigenvalue weighted by Crippen LogP contribution is 2.65. The molecule has 2 N–H and O–H groups in total. The summed E-state index contributed by atoms with van der Waals surface area (Å²) in [5.41, 5.74) is 1.65. The van der Waals surface area contributed by atoms with E-state index in [1.54, 1.807) is 0 Å². The number of carbonyl (C=O) groups is 1. The lowest BCUT2D eigenvalue weighted by atomic mass is 9.42. The molecule has 1 heterocycles. The molecule has 6 rings (SSSR count). The minimum atomic E-state index is -0.0947. The summed E-state index contributed by atoms with van der Waals surface area (Å²) < 4.78 is 0. The standard InChI is InChI=1S/C21H28N2O/c24-19(23-18-6-7-22-13-18)21-11-15-8-16(12-21)10-20(9-15,14-21)17-4-2-1-3-5-17/h1-5,15-16,18,22H,6-14H2,(H,23,24)/t15?,16?,18-,20?,21?/m1/s1. The fourth-order valence-electron chi connectivity index (χ4n) is 6.77. The molecule has 1 amide bonds. The first-order valence-corrected chi connectivity index (χ1v) is 9.75. The average Bonchev–Trinajstić information content (AvgIpc) is 3.07. The Morgan fingerprint density at radius 3 is 2.50 bits per heavy atom. The van der Waals surface area contributed by atoms with Crippen molar-refractivity contribution in [2.75, 3.05) is 13.1 Å². The van der Waals surface area contributed by atoms with E-state index in [-0.39, 0.29) is 10.8 Å². The van der Waals surface area contributed by atoms with E-state index in [0.717, 1.165) is 50.6 Å². The van der Waals surface area contributed by atoms with Gasteiger partial charge in [-0.3, -0.25) is 4.79 Å². The molecular formula is C21H28N2O. The van der Waals surface area contributed by atoms with Gasteiger partial charge in [0.05, 0.1) is 5.41 Å². The molecule has 128 valence electrons. The summed E-state index contributed by atoms with van der Waals surface area (Å²) in [4.78, 5) is 13.3. The summed E-state index contributed by atoms with van der Waals surface area (Å²) >= 11 is 0. The Bertz CT molecular complexity index is 620. The van der Waals surface area contributed by atoms with Gasteiger partial charge < -0.3 is 10.6 Å². The predicted molar refractivity (Wildman–Crippen MR) is 94.7 cm³/mol. The van der Waals surface area contributed by atoms with Gasteiger partial charge in [-0.15, -0.1) is 0 Å². The van der Waals surface area contributed by atoms with Crippen molar-refractivity contribution in [2.45, 2.75) is 56.4 Å². The monoisotopic (exact) mass is 324 g/mol. The largest absolute Gasteiger partial charge is 0.352 e. The fraction of sp³-hybridized carbons (Fsp3) is 0.667. The third kappa shape index (κ3) is 2.24. The van der Waals surface area contributed by atoms with Gasteiger partial charge in [-0.2, -0.15) is 0 Å². The highest BCUT2D eigenvalue weighted by atomic mass is 16.2. The molecular weight excluding hydrogens is 296 g/mol. The molecule has 1 aromatic rings. The van der Waals surface area contributed by atoms with Crippen molar-refractivity contribution >= 4 is 5.91 Å². The normalized spacial score (nSPS) is 43.1. The van der Waals surface area contributed by atoms with E-state index in [2.05, 4.69) is 41.0 Å². The maximum atomic E-state index is 13.3. The molecule has 1 aromatic carbocycles. The predicted octanol–water partition coefficient (Wildman–Crippen LogP) is 3.00. The van der Waals surface area contributed by atoms with E-state index in [1.807, 2.05) is 0 Å². The van der Waals surface area contributed by atoms with Crippen molar-refractivity contribution in [2.24, 2.45) is 17.3 Å². The first-order valence-electron chi connectivity index (χ1n) is 9.75. The zero-order valence-corrected chi connectivity index (χ0v) is 14.4. The highest BCUT2D eigenvalue weighted by molar-refractivity contribution is 5.84. The maximum Gasteiger partial charge on any atom is 0.226 e. The molecule has 24 heavy (non-hydrogen) atoms. The van der Waals surface area contributed by atoms with Crippen LogP contribution in [-0.4, -0.2) is 25.0 Å². The summed E-state index contributed by atoms with van der Waals surface area (Å²) in [5.74, 6) is 1.86. The lowest BCUT2D eigenvalue weighted by Crippen LogP contribution is -2.60. The van der Waals surface area contributed by atoms with Gasteiger partial charge in [0.25, 0.3) is 0 Å². The second-order valence-electron chi connectivity index (χ2n) is 9.05. The molecule has 4 bridgehead atoms. The van der Waals surface area contributed by atoms with Crippen LogP contribution in [0.25, 0.3) is 0 Å². The molecule has 1 saturated heterocycles. The van der Waals surface area contributed by atoms with Gasteiger partial charge in [0.2, 0.25) is 5.91 Å². The summed E-state index contributed by atoms with van der Waals surface area (Å²) in [6.45, 7) is 1.98.